The van der Waals surface area contributed by atoms with E-state index in [1.165, 1.54) is 0 Å². The number of ether oxygens (including phenoxy) is 1. The molecule has 0 aliphatic rings. The van der Waals surface area contributed by atoms with E-state index in [0.717, 1.165) is 22.7 Å². The molecular weight excluding hydrogens is 338 g/mol. The standard InChI is InChI=1S/C15H16ClN3O3S/c1-4-11-14(23-19-18-11)15(21)22-7-12(20)17-13-9(3)5-8(2)6-10(13)16/h5-6H,4,7H2,1-3H3,(H,17,20). The summed E-state index contributed by atoms with van der Waals surface area (Å²) in [5.74, 6) is -1.05. The van der Waals surface area contributed by atoms with Crippen molar-refractivity contribution in [3.63, 3.8) is 0 Å². The summed E-state index contributed by atoms with van der Waals surface area (Å²) in [6.07, 6.45) is 0.575. The summed E-state index contributed by atoms with van der Waals surface area (Å²) < 4.78 is 8.72. The van der Waals surface area contributed by atoms with E-state index in [2.05, 4.69) is 14.9 Å². The summed E-state index contributed by atoms with van der Waals surface area (Å²) in [5.41, 5.74) is 2.93. The van der Waals surface area contributed by atoms with E-state index in [4.69, 9.17) is 16.3 Å². The maximum atomic E-state index is 12.0. The number of nitrogens with one attached hydrogen (secondary N) is 1. The summed E-state index contributed by atoms with van der Waals surface area (Å²) in [5, 5.41) is 6.94. The van der Waals surface area contributed by atoms with Crippen molar-refractivity contribution >= 4 is 40.7 Å². The van der Waals surface area contributed by atoms with E-state index in [-0.39, 0.29) is 0 Å². The maximum absolute atomic E-state index is 12.0. The van der Waals surface area contributed by atoms with Crippen LogP contribution >= 0.6 is 23.1 Å². The third-order valence-electron chi connectivity index (χ3n) is 3.11. The fourth-order valence-corrected chi connectivity index (χ4v) is 3.05. The van der Waals surface area contributed by atoms with Crippen molar-refractivity contribution in [3.8, 4) is 0 Å². The molecule has 23 heavy (non-hydrogen) atoms. The van der Waals surface area contributed by atoms with Gasteiger partial charge in [0, 0.05) is 0 Å². The van der Waals surface area contributed by atoms with Crippen LogP contribution in [0.4, 0.5) is 5.69 Å². The summed E-state index contributed by atoms with van der Waals surface area (Å²) in [7, 11) is 0. The number of carbonyl (C=O) groups excluding carboxylic acids is 2. The molecule has 2 aromatic rings. The Kier molecular flexibility index (Phi) is 5.68. The Bertz CT molecular complexity index is 722. The molecule has 0 bridgehead atoms. The fourth-order valence-electron chi connectivity index (χ4n) is 2.04. The molecule has 0 saturated heterocycles. The number of esters is 1. The van der Waals surface area contributed by atoms with Gasteiger partial charge in [-0.2, -0.15) is 0 Å². The van der Waals surface area contributed by atoms with Crippen molar-refractivity contribution in [2.75, 3.05) is 11.9 Å². The van der Waals surface area contributed by atoms with E-state index < -0.39 is 18.5 Å². The lowest BCUT2D eigenvalue weighted by molar-refractivity contribution is -0.119. The molecule has 1 amide bonds. The topological polar surface area (TPSA) is 81.2 Å². The molecule has 0 spiro atoms. The van der Waals surface area contributed by atoms with Crippen LogP contribution < -0.4 is 5.32 Å². The monoisotopic (exact) mass is 353 g/mol. The van der Waals surface area contributed by atoms with E-state index in [9.17, 15) is 9.59 Å². The number of anilines is 1. The number of halogens is 1. The smallest absolute Gasteiger partial charge is 0.352 e. The number of carbonyl (C=O) groups is 2. The van der Waals surface area contributed by atoms with Crippen LogP contribution in [0.5, 0.6) is 0 Å². The quantitative estimate of drug-likeness (QED) is 0.835. The van der Waals surface area contributed by atoms with Crippen LogP contribution in [0, 0.1) is 13.8 Å². The molecule has 2 rings (SSSR count). The van der Waals surface area contributed by atoms with Gasteiger partial charge in [0.1, 0.15) is 0 Å². The van der Waals surface area contributed by atoms with Gasteiger partial charge in [-0.15, -0.1) is 5.10 Å². The summed E-state index contributed by atoms with van der Waals surface area (Å²) >= 11 is 7.08. The highest BCUT2D eigenvalue weighted by molar-refractivity contribution is 7.07. The number of aryl methyl sites for hydroxylation is 3. The minimum Gasteiger partial charge on any atom is -0.451 e. The molecule has 6 nitrogen and oxygen atoms in total. The fraction of sp³-hybridized carbons (Fsp3) is 0.333. The summed E-state index contributed by atoms with van der Waals surface area (Å²) in [4.78, 5) is 24.2. The van der Waals surface area contributed by atoms with Crippen molar-refractivity contribution in [3.05, 3.63) is 38.9 Å². The number of amides is 1. The number of hydrogen-bond donors (Lipinski definition) is 1. The molecular formula is C15H16ClN3O3S. The lowest BCUT2D eigenvalue weighted by Gasteiger charge is -2.11. The highest BCUT2D eigenvalue weighted by Crippen LogP contribution is 2.27. The SMILES string of the molecule is CCc1nnsc1C(=O)OCC(=O)Nc1c(C)cc(C)cc1Cl. The van der Waals surface area contributed by atoms with Gasteiger partial charge in [0.05, 0.1) is 16.4 Å². The maximum Gasteiger partial charge on any atom is 0.352 e. The zero-order chi connectivity index (χ0) is 17.0. The first kappa shape index (κ1) is 17.4. The van der Waals surface area contributed by atoms with Gasteiger partial charge in [0.15, 0.2) is 11.5 Å². The number of hydrogen-bond acceptors (Lipinski definition) is 6. The van der Waals surface area contributed by atoms with E-state index in [1.54, 1.807) is 6.07 Å². The van der Waals surface area contributed by atoms with Crippen LogP contribution in [0.2, 0.25) is 5.02 Å². The molecule has 0 aliphatic heterocycles. The van der Waals surface area contributed by atoms with Crippen molar-refractivity contribution in [2.45, 2.75) is 27.2 Å². The molecule has 0 atom stereocenters. The predicted octanol–water partition coefficient (Wildman–Crippen LogP) is 3.17. The van der Waals surface area contributed by atoms with Crippen molar-refractivity contribution in [2.24, 2.45) is 0 Å². The first-order valence-corrected chi connectivity index (χ1v) is 8.12. The lowest BCUT2D eigenvalue weighted by Crippen LogP contribution is -2.21. The van der Waals surface area contributed by atoms with Gasteiger partial charge < -0.3 is 10.1 Å². The third kappa shape index (κ3) is 4.27. The normalized spacial score (nSPS) is 10.4. The molecule has 1 aromatic carbocycles. The lowest BCUT2D eigenvalue weighted by atomic mass is 10.1. The molecule has 0 radical (unpaired) electrons. The zero-order valence-corrected chi connectivity index (χ0v) is 14.5. The first-order valence-electron chi connectivity index (χ1n) is 6.97. The highest BCUT2D eigenvalue weighted by atomic mass is 35.5. The first-order chi connectivity index (χ1) is 10.9. The number of nitrogens with zero attached hydrogens (tertiary/aromatic N) is 2. The average molecular weight is 354 g/mol. The minimum absolute atomic E-state index is 0.324. The largest absolute Gasteiger partial charge is 0.451 e. The second kappa shape index (κ2) is 7.52. The molecule has 0 fully saturated rings. The number of aromatic nitrogens is 2. The van der Waals surface area contributed by atoms with Gasteiger partial charge in [-0.1, -0.05) is 29.1 Å². The molecule has 0 unspecified atom stereocenters. The van der Waals surface area contributed by atoms with Crippen LogP contribution in [0.15, 0.2) is 12.1 Å². The second-order valence-corrected chi connectivity index (χ2v) is 6.13. The van der Waals surface area contributed by atoms with Crippen LogP contribution in [0.3, 0.4) is 0 Å². The van der Waals surface area contributed by atoms with Gasteiger partial charge in [-0.05, 0) is 49.0 Å². The molecule has 8 heteroatoms. The van der Waals surface area contributed by atoms with E-state index in [1.807, 2.05) is 26.8 Å². The van der Waals surface area contributed by atoms with Crippen LogP contribution in [0.25, 0.3) is 0 Å². The Labute approximate surface area is 143 Å². The predicted molar refractivity (Wildman–Crippen MR) is 89.1 cm³/mol. The molecule has 0 aliphatic carbocycles. The highest BCUT2D eigenvalue weighted by Gasteiger charge is 2.18. The van der Waals surface area contributed by atoms with Crippen molar-refractivity contribution in [1.82, 2.24) is 9.59 Å². The van der Waals surface area contributed by atoms with Crippen molar-refractivity contribution in [1.29, 1.82) is 0 Å². The van der Waals surface area contributed by atoms with Gasteiger partial charge in [-0.3, -0.25) is 4.79 Å². The van der Waals surface area contributed by atoms with E-state index in [0.29, 0.717) is 27.7 Å². The third-order valence-corrected chi connectivity index (χ3v) is 4.15. The summed E-state index contributed by atoms with van der Waals surface area (Å²) in [6.45, 7) is 5.23. The number of benzene rings is 1. The average Bonchev–Trinajstić information content (AvgIpc) is 2.97. The molecule has 0 saturated carbocycles. The molecule has 122 valence electrons. The van der Waals surface area contributed by atoms with Crippen LogP contribution in [-0.2, 0) is 16.0 Å². The Morgan fingerprint density at radius 1 is 1.35 bits per heavy atom. The Balaban J connectivity index is 1.97. The summed E-state index contributed by atoms with van der Waals surface area (Å²) in [6, 6.07) is 3.66. The zero-order valence-electron chi connectivity index (χ0n) is 13.0. The van der Waals surface area contributed by atoms with Crippen molar-refractivity contribution < 1.29 is 14.3 Å². The minimum atomic E-state index is -0.598. The van der Waals surface area contributed by atoms with Crippen LogP contribution in [-0.4, -0.2) is 28.1 Å². The van der Waals surface area contributed by atoms with Gasteiger partial charge in [-0.25, -0.2) is 4.79 Å². The van der Waals surface area contributed by atoms with Crippen LogP contribution in [0.1, 0.15) is 33.4 Å². The van der Waals surface area contributed by atoms with Gasteiger partial charge in [0.25, 0.3) is 5.91 Å². The van der Waals surface area contributed by atoms with Gasteiger partial charge in [0.2, 0.25) is 0 Å². The second-order valence-electron chi connectivity index (χ2n) is 4.97. The van der Waals surface area contributed by atoms with E-state index >= 15 is 0 Å². The van der Waals surface area contributed by atoms with Gasteiger partial charge >= 0.3 is 5.97 Å². The Morgan fingerprint density at radius 3 is 2.74 bits per heavy atom. The Hall–Kier alpha value is -1.99. The Morgan fingerprint density at radius 2 is 2.09 bits per heavy atom. The number of rotatable bonds is 5. The molecule has 1 N–H and O–H groups in total. The molecule has 1 aromatic heterocycles. The molecule has 1 heterocycles.